The standard InChI is InChI=1S/C20H25N5O2/c1-13(2)27-14-7-8-16-15(12-14)19(20-22-10-9-17(21-3)23-20)24-25(16)18-6-4-5-11-26-18/h7-10,12-13,18H,4-6,11H2,1-3H3,(H,21,22,23). The lowest BCUT2D eigenvalue weighted by Gasteiger charge is -2.23. The molecule has 0 spiro atoms. The Balaban J connectivity index is 1.86. The maximum atomic E-state index is 5.98. The third kappa shape index (κ3) is 3.60. The van der Waals surface area contributed by atoms with Gasteiger partial charge in [0.25, 0.3) is 0 Å². The van der Waals surface area contributed by atoms with Crippen LogP contribution in [0.25, 0.3) is 22.4 Å². The lowest BCUT2D eigenvalue weighted by Crippen LogP contribution is -2.19. The summed E-state index contributed by atoms with van der Waals surface area (Å²) in [6, 6.07) is 7.88. The molecule has 1 unspecified atom stereocenters. The van der Waals surface area contributed by atoms with E-state index in [-0.39, 0.29) is 12.3 Å². The van der Waals surface area contributed by atoms with E-state index in [9.17, 15) is 0 Å². The molecule has 1 aliphatic heterocycles. The lowest BCUT2D eigenvalue weighted by atomic mass is 10.1. The Morgan fingerprint density at radius 3 is 2.89 bits per heavy atom. The fourth-order valence-corrected chi connectivity index (χ4v) is 3.38. The minimum atomic E-state index is -0.0562. The molecule has 1 atom stereocenters. The first kappa shape index (κ1) is 17.7. The SMILES string of the molecule is CNc1ccnc(-c2nn(C3CCCCO3)c3ccc(OC(C)C)cc23)n1. The number of aromatic nitrogens is 4. The van der Waals surface area contributed by atoms with E-state index in [4.69, 9.17) is 14.6 Å². The van der Waals surface area contributed by atoms with E-state index in [2.05, 4.69) is 15.3 Å². The summed E-state index contributed by atoms with van der Waals surface area (Å²) in [7, 11) is 1.84. The van der Waals surface area contributed by atoms with Crippen LogP contribution in [-0.2, 0) is 4.74 Å². The molecule has 0 aliphatic carbocycles. The maximum Gasteiger partial charge on any atom is 0.182 e. The molecule has 142 valence electrons. The molecule has 27 heavy (non-hydrogen) atoms. The molecule has 1 saturated heterocycles. The van der Waals surface area contributed by atoms with E-state index < -0.39 is 0 Å². The maximum absolute atomic E-state index is 5.98. The van der Waals surface area contributed by atoms with Gasteiger partial charge in [-0.05, 0) is 57.4 Å². The summed E-state index contributed by atoms with van der Waals surface area (Å²) in [6.45, 7) is 4.80. The first-order chi connectivity index (χ1) is 13.2. The zero-order valence-corrected chi connectivity index (χ0v) is 16.0. The molecule has 3 heterocycles. The third-order valence-corrected chi connectivity index (χ3v) is 4.60. The van der Waals surface area contributed by atoms with Gasteiger partial charge in [0, 0.05) is 25.2 Å². The second-order valence-corrected chi connectivity index (χ2v) is 6.98. The number of ether oxygens (including phenoxy) is 2. The topological polar surface area (TPSA) is 74.1 Å². The molecule has 1 aliphatic rings. The second kappa shape index (κ2) is 7.52. The van der Waals surface area contributed by atoms with Crippen LogP contribution < -0.4 is 10.1 Å². The number of hydrogen-bond acceptors (Lipinski definition) is 6. The minimum Gasteiger partial charge on any atom is -0.491 e. The van der Waals surface area contributed by atoms with Gasteiger partial charge in [0.15, 0.2) is 12.1 Å². The average molecular weight is 367 g/mol. The Hall–Kier alpha value is -2.67. The van der Waals surface area contributed by atoms with Crippen LogP contribution >= 0.6 is 0 Å². The summed E-state index contributed by atoms with van der Waals surface area (Å²) >= 11 is 0. The minimum absolute atomic E-state index is 0.0562. The summed E-state index contributed by atoms with van der Waals surface area (Å²) in [5.41, 5.74) is 1.75. The van der Waals surface area contributed by atoms with Gasteiger partial charge >= 0.3 is 0 Å². The van der Waals surface area contributed by atoms with Crippen molar-refractivity contribution in [2.75, 3.05) is 19.0 Å². The summed E-state index contributed by atoms with van der Waals surface area (Å²) < 4.78 is 13.8. The van der Waals surface area contributed by atoms with E-state index in [0.717, 1.165) is 54.0 Å². The predicted molar refractivity (Wildman–Crippen MR) is 105 cm³/mol. The van der Waals surface area contributed by atoms with Gasteiger partial charge in [0.1, 0.15) is 17.3 Å². The Labute approximate surface area is 158 Å². The fourth-order valence-electron chi connectivity index (χ4n) is 3.38. The first-order valence-corrected chi connectivity index (χ1v) is 9.47. The van der Waals surface area contributed by atoms with Crippen LogP contribution in [0.1, 0.15) is 39.3 Å². The molecule has 1 fully saturated rings. The van der Waals surface area contributed by atoms with Crippen molar-refractivity contribution in [3.8, 4) is 17.3 Å². The number of hydrogen-bond donors (Lipinski definition) is 1. The molecule has 7 nitrogen and oxygen atoms in total. The van der Waals surface area contributed by atoms with Crippen molar-refractivity contribution in [3.05, 3.63) is 30.5 Å². The van der Waals surface area contributed by atoms with Gasteiger partial charge in [0.05, 0.1) is 11.6 Å². The average Bonchev–Trinajstić information content (AvgIpc) is 3.07. The number of anilines is 1. The molecule has 0 radical (unpaired) electrons. The van der Waals surface area contributed by atoms with Gasteiger partial charge in [-0.2, -0.15) is 5.10 Å². The number of nitrogens with zero attached hydrogens (tertiary/aromatic N) is 4. The van der Waals surface area contributed by atoms with Crippen molar-refractivity contribution < 1.29 is 9.47 Å². The Morgan fingerprint density at radius 2 is 2.15 bits per heavy atom. The molecule has 1 N–H and O–H groups in total. The van der Waals surface area contributed by atoms with Gasteiger partial charge < -0.3 is 14.8 Å². The second-order valence-electron chi connectivity index (χ2n) is 6.98. The van der Waals surface area contributed by atoms with E-state index in [1.54, 1.807) is 6.20 Å². The highest BCUT2D eigenvalue weighted by Crippen LogP contribution is 2.34. The normalized spacial score (nSPS) is 17.4. The van der Waals surface area contributed by atoms with Crippen LogP contribution in [0.15, 0.2) is 30.5 Å². The quantitative estimate of drug-likeness (QED) is 0.734. The number of rotatable bonds is 5. The highest BCUT2D eigenvalue weighted by Gasteiger charge is 2.23. The van der Waals surface area contributed by atoms with Crippen LogP contribution in [0.2, 0.25) is 0 Å². The van der Waals surface area contributed by atoms with Gasteiger partial charge in [0.2, 0.25) is 0 Å². The van der Waals surface area contributed by atoms with Crippen molar-refractivity contribution >= 4 is 16.7 Å². The molecule has 7 heteroatoms. The smallest absolute Gasteiger partial charge is 0.182 e. The van der Waals surface area contributed by atoms with E-state index in [1.807, 2.05) is 49.8 Å². The predicted octanol–water partition coefficient (Wildman–Crippen LogP) is 4.02. The summed E-state index contributed by atoms with van der Waals surface area (Å²) in [4.78, 5) is 9.03. The van der Waals surface area contributed by atoms with Crippen molar-refractivity contribution in [2.24, 2.45) is 0 Å². The van der Waals surface area contributed by atoms with Crippen molar-refractivity contribution in [2.45, 2.75) is 45.4 Å². The first-order valence-electron chi connectivity index (χ1n) is 9.47. The van der Waals surface area contributed by atoms with Gasteiger partial charge in [-0.25, -0.2) is 14.6 Å². The van der Waals surface area contributed by atoms with Crippen LogP contribution in [0, 0.1) is 0 Å². The zero-order chi connectivity index (χ0) is 18.8. The third-order valence-electron chi connectivity index (χ3n) is 4.60. The van der Waals surface area contributed by atoms with Gasteiger partial charge in [-0.3, -0.25) is 0 Å². The van der Waals surface area contributed by atoms with Crippen LogP contribution in [0.5, 0.6) is 5.75 Å². The monoisotopic (exact) mass is 367 g/mol. The molecule has 0 saturated carbocycles. The van der Waals surface area contributed by atoms with Crippen molar-refractivity contribution in [1.82, 2.24) is 19.7 Å². The van der Waals surface area contributed by atoms with Crippen molar-refractivity contribution in [3.63, 3.8) is 0 Å². The molecule has 2 aromatic heterocycles. The molecule has 0 amide bonds. The van der Waals surface area contributed by atoms with E-state index in [1.165, 1.54) is 0 Å². The summed E-state index contributed by atoms with van der Waals surface area (Å²) in [5.74, 6) is 2.15. The largest absolute Gasteiger partial charge is 0.491 e. The summed E-state index contributed by atoms with van der Waals surface area (Å²) in [5, 5.41) is 8.89. The van der Waals surface area contributed by atoms with Crippen LogP contribution in [0.4, 0.5) is 5.82 Å². The molecule has 1 aromatic carbocycles. The number of benzene rings is 1. The number of fused-ring (bicyclic) bond motifs is 1. The zero-order valence-electron chi connectivity index (χ0n) is 16.0. The van der Waals surface area contributed by atoms with E-state index >= 15 is 0 Å². The van der Waals surface area contributed by atoms with E-state index in [0.29, 0.717) is 5.82 Å². The van der Waals surface area contributed by atoms with Crippen molar-refractivity contribution in [1.29, 1.82) is 0 Å². The highest BCUT2D eigenvalue weighted by molar-refractivity contribution is 5.92. The highest BCUT2D eigenvalue weighted by atomic mass is 16.5. The molecule has 3 aromatic rings. The molecular formula is C20H25N5O2. The molecule has 4 rings (SSSR count). The molecule has 0 bridgehead atoms. The fraction of sp³-hybridized carbons (Fsp3) is 0.450. The Bertz CT molecular complexity index is 931. The van der Waals surface area contributed by atoms with Gasteiger partial charge in [-0.15, -0.1) is 0 Å². The Kier molecular flexibility index (Phi) is 4.94. The van der Waals surface area contributed by atoms with Crippen LogP contribution in [0.3, 0.4) is 0 Å². The van der Waals surface area contributed by atoms with Crippen LogP contribution in [-0.4, -0.2) is 39.5 Å². The lowest BCUT2D eigenvalue weighted by molar-refractivity contribution is -0.0365. The Morgan fingerprint density at radius 1 is 1.26 bits per heavy atom. The van der Waals surface area contributed by atoms with Gasteiger partial charge in [-0.1, -0.05) is 0 Å². The molecular weight excluding hydrogens is 342 g/mol. The summed E-state index contributed by atoms with van der Waals surface area (Å²) in [6.07, 6.45) is 4.98. The number of nitrogens with one attached hydrogen (secondary N) is 1.